The molecule has 1 aliphatic rings. The Hall–Kier alpha value is -1.66. The zero-order chi connectivity index (χ0) is 19.0. The van der Waals surface area contributed by atoms with E-state index in [9.17, 15) is 4.39 Å². The van der Waals surface area contributed by atoms with E-state index in [0.29, 0.717) is 22.2 Å². The minimum Gasteiger partial charge on any atom is -0.379 e. The van der Waals surface area contributed by atoms with Gasteiger partial charge < -0.3 is 4.74 Å². The van der Waals surface area contributed by atoms with E-state index in [1.165, 1.54) is 6.07 Å². The van der Waals surface area contributed by atoms with Crippen LogP contribution in [-0.2, 0) is 17.7 Å². The molecule has 27 heavy (non-hydrogen) atoms. The number of ether oxygens (including phenoxy) is 1. The average molecular weight is 408 g/mol. The predicted molar refractivity (Wildman–Crippen MR) is 105 cm³/mol. The van der Waals surface area contributed by atoms with Crippen molar-refractivity contribution in [1.82, 2.24) is 14.5 Å². The summed E-state index contributed by atoms with van der Waals surface area (Å²) in [5.41, 5.74) is 4.69. The van der Waals surface area contributed by atoms with E-state index in [4.69, 9.17) is 27.9 Å². The van der Waals surface area contributed by atoms with Crippen LogP contribution in [0.4, 0.5) is 4.39 Å². The number of hydrogen-bond acceptors (Lipinski definition) is 3. The quantitative estimate of drug-likeness (QED) is 0.636. The predicted octanol–water partition coefficient (Wildman–Crippen LogP) is 4.51. The van der Waals surface area contributed by atoms with Gasteiger partial charge in [-0.25, -0.2) is 8.91 Å². The number of rotatable bonds is 4. The van der Waals surface area contributed by atoms with Crippen LogP contribution in [0.3, 0.4) is 0 Å². The second kappa shape index (κ2) is 7.76. The molecular weight excluding hydrogens is 388 g/mol. The first-order chi connectivity index (χ1) is 13.0. The fourth-order valence-electron chi connectivity index (χ4n) is 3.53. The van der Waals surface area contributed by atoms with Gasteiger partial charge >= 0.3 is 0 Å². The Bertz CT molecular complexity index is 983. The first-order valence-electron chi connectivity index (χ1n) is 8.92. The molecule has 2 aromatic heterocycles. The summed E-state index contributed by atoms with van der Waals surface area (Å²) in [6.45, 7) is 6.09. The zero-order valence-corrected chi connectivity index (χ0v) is 16.5. The highest BCUT2D eigenvalue weighted by atomic mass is 35.5. The SMILES string of the molecule is Cc1cc2c(CN3CCOCC3)cc(Cl)nn2c1Cc1ccc(Cl)cc1F. The Morgan fingerprint density at radius 3 is 2.63 bits per heavy atom. The van der Waals surface area contributed by atoms with Gasteiger partial charge in [0.15, 0.2) is 0 Å². The van der Waals surface area contributed by atoms with Crippen LogP contribution in [0.1, 0.15) is 22.4 Å². The van der Waals surface area contributed by atoms with E-state index in [1.54, 1.807) is 12.1 Å². The van der Waals surface area contributed by atoms with Crippen LogP contribution in [0.2, 0.25) is 10.2 Å². The van der Waals surface area contributed by atoms with Crippen molar-refractivity contribution in [3.05, 3.63) is 68.7 Å². The highest BCUT2D eigenvalue weighted by molar-refractivity contribution is 6.30. The van der Waals surface area contributed by atoms with Gasteiger partial charge in [-0.05, 0) is 47.9 Å². The van der Waals surface area contributed by atoms with Crippen molar-refractivity contribution in [2.24, 2.45) is 0 Å². The van der Waals surface area contributed by atoms with E-state index in [1.807, 2.05) is 17.5 Å². The molecule has 0 bridgehead atoms. The Morgan fingerprint density at radius 1 is 1.11 bits per heavy atom. The van der Waals surface area contributed by atoms with Crippen LogP contribution in [0.25, 0.3) is 5.52 Å². The van der Waals surface area contributed by atoms with Crippen molar-refractivity contribution < 1.29 is 9.13 Å². The van der Waals surface area contributed by atoms with E-state index in [0.717, 1.165) is 55.2 Å². The fraction of sp³-hybridized carbons (Fsp3) is 0.350. The van der Waals surface area contributed by atoms with Gasteiger partial charge in [0.1, 0.15) is 11.0 Å². The number of morpholine rings is 1. The maximum Gasteiger partial charge on any atom is 0.150 e. The van der Waals surface area contributed by atoms with Gasteiger partial charge in [0.25, 0.3) is 0 Å². The molecule has 1 saturated heterocycles. The lowest BCUT2D eigenvalue weighted by Crippen LogP contribution is -2.35. The van der Waals surface area contributed by atoms with Gasteiger partial charge in [0, 0.05) is 31.1 Å². The summed E-state index contributed by atoms with van der Waals surface area (Å²) >= 11 is 12.2. The molecule has 1 fully saturated rings. The molecule has 0 unspecified atom stereocenters. The van der Waals surface area contributed by atoms with Gasteiger partial charge in [0.2, 0.25) is 0 Å². The van der Waals surface area contributed by atoms with E-state index >= 15 is 0 Å². The summed E-state index contributed by atoms with van der Waals surface area (Å²) < 4.78 is 21.6. The molecule has 3 heterocycles. The molecule has 7 heteroatoms. The third-order valence-corrected chi connectivity index (χ3v) is 5.40. The fourth-order valence-corrected chi connectivity index (χ4v) is 3.90. The van der Waals surface area contributed by atoms with Crippen LogP contribution < -0.4 is 0 Å². The Balaban J connectivity index is 1.72. The molecule has 0 N–H and O–H groups in total. The molecule has 0 saturated carbocycles. The van der Waals surface area contributed by atoms with Crippen LogP contribution in [0.5, 0.6) is 0 Å². The highest BCUT2D eigenvalue weighted by Gasteiger charge is 2.18. The largest absolute Gasteiger partial charge is 0.379 e. The number of aryl methyl sites for hydroxylation is 1. The lowest BCUT2D eigenvalue weighted by atomic mass is 10.1. The molecule has 142 valence electrons. The molecular formula is C20H20Cl2FN3O. The molecule has 0 aliphatic carbocycles. The maximum absolute atomic E-state index is 14.3. The summed E-state index contributed by atoms with van der Waals surface area (Å²) in [5, 5.41) is 5.30. The van der Waals surface area contributed by atoms with Crippen molar-refractivity contribution >= 4 is 28.7 Å². The second-order valence-electron chi connectivity index (χ2n) is 6.86. The van der Waals surface area contributed by atoms with Crippen molar-refractivity contribution in [2.45, 2.75) is 19.9 Å². The highest BCUT2D eigenvalue weighted by Crippen LogP contribution is 2.26. The van der Waals surface area contributed by atoms with Crippen molar-refractivity contribution in [3.8, 4) is 0 Å². The van der Waals surface area contributed by atoms with Gasteiger partial charge in [-0.2, -0.15) is 5.10 Å². The normalized spacial score (nSPS) is 15.6. The minimum absolute atomic E-state index is 0.313. The Morgan fingerprint density at radius 2 is 1.89 bits per heavy atom. The number of hydrogen-bond donors (Lipinski definition) is 0. The summed E-state index contributed by atoms with van der Waals surface area (Å²) in [6, 6.07) is 8.78. The Kier molecular flexibility index (Phi) is 5.37. The first kappa shape index (κ1) is 18.7. The second-order valence-corrected chi connectivity index (χ2v) is 7.69. The molecule has 1 aromatic carbocycles. The van der Waals surface area contributed by atoms with Crippen molar-refractivity contribution in [1.29, 1.82) is 0 Å². The van der Waals surface area contributed by atoms with Gasteiger partial charge in [-0.15, -0.1) is 0 Å². The number of nitrogens with zero attached hydrogens (tertiary/aromatic N) is 3. The zero-order valence-electron chi connectivity index (χ0n) is 15.0. The third kappa shape index (κ3) is 3.97. The van der Waals surface area contributed by atoms with Crippen LogP contribution >= 0.6 is 23.2 Å². The van der Waals surface area contributed by atoms with Crippen LogP contribution in [-0.4, -0.2) is 40.8 Å². The van der Waals surface area contributed by atoms with Gasteiger partial charge in [-0.1, -0.05) is 29.3 Å². The molecule has 3 aromatic rings. The first-order valence-corrected chi connectivity index (χ1v) is 9.67. The smallest absolute Gasteiger partial charge is 0.150 e. The molecule has 4 nitrogen and oxygen atoms in total. The van der Waals surface area contributed by atoms with E-state index in [-0.39, 0.29) is 5.82 Å². The number of benzene rings is 1. The van der Waals surface area contributed by atoms with Gasteiger partial charge in [0.05, 0.1) is 24.4 Å². The molecule has 0 amide bonds. The summed E-state index contributed by atoms with van der Waals surface area (Å²) in [7, 11) is 0. The number of aromatic nitrogens is 2. The number of halogens is 3. The summed E-state index contributed by atoms with van der Waals surface area (Å²) in [6.07, 6.45) is 0.424. The van der Waals surface area contributed by atoms with Crippen LogP contribution in [0, 0.1) is 12.7 Å². The summed E-state index contributed by atoms with van der Waals surface area (Å²) in [4.78, 5) is 2.34. The molecule has 4 rings (SSSR count). The van der Waals surface area contributed by atoms with Crippen LogP contribution in [0.15, 0.2) is 30.3 Å². The number of fused-ring (bicyclic) bond motifs is 1. The topological polar surface area (TPSA) is 29.8 Å². The Labute approximate surface area is 167 Å². The van der Waals surface area contributed by atoms with Gasteiger partial charge in [-0.3, -0.25) is 4.90 Å². The van der Waals surface area contributed by atoms with E-state index < -0.39 is 0 Å². The lowest BCUT2D eigenvalue weighted by Gasteiger charge is -2.26. The summed E-state index contributed by atoms with van der Waals surface area (Å²) in [5.74, 6) is -0.313. The molecule has 0 spiro atoms. The van der Waals surface area contributed by atoms with E-state index in [2.05, 4.69) is 16.1 Å². The minimum atomic E-state index is -0.313. The molecule has 0 radical (unpaired) electrons. The lowest BCUT2D eigenvalue weighted by molar-refractivity contribution is 0.0343. The van der Waals surface area contributed by atoms with Crippen molar-refractivity contribution in [2.75, 3.05) is 26.3 Å². The average Bonchev–Trinajstić information content (AvgIpc) is 2.94. The molecule has 0 atom stereocenters. The standard InChI is InChI=1S/C20H20Cl2FN3O/c1-13-8-19-15(12-25-4-6-27-7-5-25)10-20(22)24-26(19)18(13)9-14-2-3-16(21)11-17(14)23/h2-3,8,10-11H,4-7,9,12H2,1H3. The van der Waals surface area contributed by atoms with Crippen molar-refractivity contribution in [3.63, 3.8) is 0 Å². The molecule has 1 aliphatic heterocycles. The monoisotopic (exact) mass is 407 g/mol. The maximum atomic E-state index is 14.3. The third-order valence-electron chi connectivity index (χ3n) is 4.98.